The van der Waals surface area contributed by atoms with E-state index < -0.39 is 12.1 Å². The average Bonchev–Trinajstić information content (AvgIpc) is 3.08. The molecule has 0 unspecified atom stereocenters. The second kappa shape index (κ2) is 6.25. The number of methoxy groups -OCH3 is 1. The maximum atomic E-state index is 13.0. The van der Waals surface area contributed by atoms with Crippen LogP contribution in [0.1, 0.15) is 28.4 Å². The third-order valence-corrected chi connectivity index (χ3v) is 5.54. The molecule has 2 aliphatic rings. The molecular weight excluding hydrogens is 376 g/mol. The first-order chi connectivity index (χ1) is 14.0. The van der Waals surface area contributed by atoms with Gasteiger partial charge >= 0.3 is 5.97 Å². The monoisotopic (exact) mass is 392 g/mol. The molecule has 0 aliphatic carbocycles. The molecule has 0 amide bonds. The molecule has 0 radical (unpaired) electrons. The lowest BCUT2D eigenvalue weighted by atomic mass is 9.99. The van der Waals surface area contributed by atoms with Gasteiger partial charge in [0.2, 0.25) is 0 Å². The molecule has 8 nitrogen and oxygen atoms in total. The van der Waals surface area contributed by atoms with E-state index in [1.807, 2.05) is 6.07 Å². The van der Waals surface area contributed by atoms with Gasteiger partial charge in [-0.3, -0.25) is 4.79 Å². The Morgan fingerprint density at radius 1 is 1.34 bits per heavy atom. The van der Waals surface area contributed by atoms with Gasteiger partial charge in [-0.25, -0.2) is 9.78 Å². The Bertz CT molecular complexity index is 1280. The van der Waals surface area contributed by atoms with E-state index in [4.69, 9.17) is 14.5 Å². The number of aldehydes is 1. The van der Waals surface area contributed by atoms with E-state index >= 15 is 0 Å². The van der Waals surface area contributed by atoms with Gasteiger partial charge in [0.05, 0.1) is 36.1 Å². The lowest BCUT2D eigenvalue weighted by Gasteiger charge is -2.21. The molecule has 0 spiro atoms. The number of aliphatic hydroxyl groups is 1. The molecule has 0 bridgehead atoms. The largest absolute Gasteiger partial charge is 0.496 e. The number of hydrogen-bond donors (Lipinski definition) is 1. The van der Waals surface area contributed by atoms with Crippen LogP contribution in [-0.2, 0) is 33.9 Å². The van der Waals surface area contributed by atoms with E-state index in [2.05, 4.69) is 0 Å². The van der Waals surface area contributed by atoms with Gasteiger partial charge in [0.1, 0.15) is 18.6 Å². The zero-order valence-corrected chi connectivity index (χ0v) is 15.5. The van der Waals surface area contributed by atoms with E-state index in [-0.39, 0.29) is 29.7 Å². The fourth-order valence-corrected chi connectivity index (χ4v) is 4.12. The molecule has 0 saturated heterocycles. The summed E-state index contributed by atoms with van der Waals surface area (Å²) >= 11 is 0. The minimum Gasteiger partial charge on any atom is -0.496 e. The number of nitrogens with zero attached hydrogens (tertiary/aromatic N) is 2. The van der Waals surface area contributed by atoms with Gasteiger partial charge in [-0.15, -0.1) is 0 Å². The van der Waals surface area contributed by atoms with E-state index in [0.29, 0.717) is 29.2 Å². The van der Waals surface area contributed by atoms with Crippen LogP contribution in [0.2, 0.25) is 0 Å². The number of benzene rings is 1. The van der Waals surface area contributed by atoms with Crippen molar-refractivity contribution in [2.75, 3.05) is 7.11 Å². The van der Waals surface area contributed by atoms with Crippen molar-refractivity contribution < 1.29 is 24.2 Å². The first-order valence-corrected chi connectivity index (χ1v) is 9.08. The Morgan fingerprint density at radius 2 is 2.17 bits per heavy atom. The Balaban J connectivity index is 1.75. The van der Waals surface area contributed by atoms with Crippen molar-refractivity contribution >= 4 is 23.2 Å². The lowest BCUT2D eigenvalue weighted by molar-refractivity contribution is -0.157. The van der Waals surface area contributed by atoms with Gasteiger partial charge in [-0.05, 0) is 24.3 Å². The Kier molecular flexibility index (Phi) is 3.78. The summed E-state index contributed by atoms with van der Waals surface area (Å²) in [5, 5.41) is 11.0. The Labute approximate surface area is 164 Å². The quantitative estimate of drug-likeness (QED) is 0.413. The van der Waals surface area contributed by atoms with E-state index in [9.17, 15) is 19.5 Å². The van der Waals surface area contributed by atoms with Crippen LogP contribution in [0.25, 0.3) is 22.3 Å². The van der Waals surface area contributed by atoms with Gasteiger partial charge in [0.25, 0.3) is 5.56 Å². The van der Waals surface area contributed by atoms with Crippen LogP contribution in [0.4, 0.5) is 0 Å². The maximum absolute atomic E-state index is 13.0. The summed E-state index contributed by atoms with van der Waals surface area (Å²) in [4.78, 5) is 40.6. The summed E-state index contributed by atoms with van der Waals surface area (Å²) < 4.78 is 11.8. The van der Waals surface area contributed by atoms with Crippen LogP contribution in [0.3, 0.4) is 0 Å². The molecule has 1 atom stereocenters. The van der Waals surface area contributed by atoms with Crippen molar-refractivity contribution in [1.82, 2.24) is 9.55 Å². The summed E-state index contributed by atoms with van der Waals surface area (Å²) in [6.07, 6.45) is -0.477. The number of rotatable bonds is 3. The number of cyclic esters (lactones) is 1. The van der Waals surface area contributed by atoms with Crippen molar-refractivity contribution in [3.8, 4) is 17.1 Å². The molecule has 1 N–H and O–H groups in total. The first-order valence-electron chi connectivity index (χ1n) is 9.08. The van der Waals surface area contributed by atoms with Gasteiger partial charge in [0, 0.05) is 28.5 Å². The number of hydrogen-bond acceptors (Lipinski definition) is 7. The van der Waals surface area contributed by atoms with E-state index in [1.165, 1.54) is 0 Å². The summed E-state index contributed by atoms with van der Waals surface area (Å²) in [6, 6.07) is 7.12. The highest BCUT2D eigenvalue weighted by molar-refractivity contribution is 5.90. The number of fused-ring (bicyclic) bond motifs is 5. The molecule has 4 heterocycles. The predicted octanol–water partition coefficient (Wildman–Crippen LogP) is 1.27. The number of aromatic nitrogens is 2. The molecule has 1 aromatic carbocycles. The van der Waals surface area contributed by atoms with Crippen LogP contribution in [-0.4, -0.2) is 34.0 Å². The van der Waals surface area contributed by atoms with Crippen LogP contribution in [0, 0.1) is 0 Å². The topological polar surface area (TPSA) is 108 Å². The van der Waals surface area contributed by atoms with Crippen LogP contribution < -0.4 is 10.3 Å². The summed E-state index contributed by atoms with van der Waals surface area (Å²) in [7, 11) is 1.55. The second-order valence-corrected chi connectivity index (χ2v) is 7.04. The predicted molar refractivity (Wildman–Crippen MR) is 102 cm³/mol. The third-order valence-electron chi connectivity index (χ3n) is 5.54. The SMILES string of the molecule is COc1ccc2nc3c(cc2c1CC=O)Cn1c-3cc2c(c1=O)COC(=O)[C@H]2O. The summed E-state index contributed by atoms with van der Waals surface area (Å²) in [5.74, 6) is -0.162. The van der Waals surface area contributed by atoms with E-state index in [0.717, 1.165) is 22.8 Å². The van der Waals surface area contributed by atoms with Gasteiger partial charge in [0.15, 0.2) is 6.10 Å². The van der Waals surface area contributed by atoms with Crippen molar-refractivity contribution in [2.24, 2.45) is 0 Å². The number of carbonyl (C=O) groups excluding carboxylic acids is 2. The normalized spacial score (nSPS) is 16.8. The van der Waals surface area contributed by atoms with Crippen LogP contribution in [0.15, 0.2) is 29.1 Å². The van der Waals surface area contributed by atoms with Gasteiger partial charge in [-0.2, -0.15) is 0 Å². The molecule has 3 aromatic rings. The smallest absolute Gasteiger partial charge is 0.340 e. The zero-order valence-electron chi connectivity index (χ0n) is 15.5. The Morgan fingerprint density at radius 3 is 2.93 bits per heavy atom. The zero-order chi connectivity index (χ0) is 20.3. The fourth-order valence-electron chi connectivity index (χ4n) is 4.12. The lowest BCUT2D eigenvalue weighted by Crippen LogP contribution is -2.32. The van der Waals surface area contributed by atoms with Gasteiger partial charge < -0.3 is 23.9 Å². The molecule has 0 fully saturated rings. The maximum Gasteiger partial charge on any atom is 0.340 e. The number of aliphatic hydroxyl groups excluding tert-OH is 1. The first kappa shape index (κ1) is 17.6. The molecule has 29 heavy (non-hydrogen) atoms. The molecule has 146 valence electrons. The molecular formula is C21H16N2O6. The molecule has 8 heteroatoms. The van der Waals surface area contributed by atoms with E-state index in [1.54, 1.807) is 29.9 Å². The Hall–Kier alpha value is -3.52. The average molecular weight is 392 g/mol. The summed E-state index contributed by atoms with van der Waals surface area (Å²) in [6.45, 7) is 0.151. The highest BCUT2D eigenvalue weighted by Crippen LogP contribution is 2.37. The summed E-state index contributed by atoms with van der Waals surface area (Å²) in [5.41, 5.74) is 3.63. The highest BCUT2D eigenvalue weighted by atomic mass is 16.5. The van der Waals surface area contributed by atoms with Crippen LogP contribution in [0.5, 0.6) is 5.75 Å². The van der Waals surface area contributed by atoms with Crippen LogP contribution >= 0.6 is 0 Å². The highest BCUT2D eigenvalue weighted by Gasteiger charge is 2.33. The fraction of sp³-hybridized carbons (Fsp3) is 0.238. The molecule has 2 aromatic heterocycles. The minimum absolute atomic E-state index is 0.156. The van der Waals surface area contributed by atoms with Crippen molar-refractivity contribution in [2.45, 2.75) is 25.7 Å². The van der Waals surface area contributed by atoms with Crippen molar-refractivity contribution in [1.29, 1.82) is 0 Å². The number of carbonyl (C=O) groups is 2. The molecule has 2 aliphatic heterocycles. The molecule has 5 rings (SSSR count). The van der Waals surface area contributed by atoms with Crippen molar-refractivity contribution in [3.05, 3.63) is 56.9 Å². The third kappa shape index (κ3) is 2.42. The minimum atomic E-state index is -1.48. The number of ether oxygens (including phenoxy) is 2. The second-order valence-electron chi connectivity index (χ2n) is 7.04. The number of esters is 1. The standard InChI is InChI=1S/C21H16N2O6/c1-28-17-3-2-15-12(11(17)4-5-24)6-10-8-23-16(18(10)22-15)7-13-14(20(23)26)9-29-21(27)19(13)25/h2-3,5-7,19,25H,4,8-9H2,1H3/t19-/m0/s1. The molecule has 0 saturated carbocycles. The number of pyridine rings is 2. The van der Waals surface area contributed by atoms with Gasteiger partial charge in [-0.1, -0.05) is 0 Å². The van der Waals surface area contributed by atoms with Crippen molar-refractivity contribution in [3.63, 3.8) is 0 Å².